The van der Waals surface area contributed by atoms with Crippen LogP contribution >= 0.6 is 12.8 Å². The van der Waals surface area contributed by atoms with Crippen LogP contribution < -0.4 is 5.56 Å². The summed E-state index contributed by atoms with van der Waals surface area (Å²) in [5.41, 5.74) is 1.02. The molecule has 1 aromatic rings. The second-order valence-corrected chi connectivity index (χ2v) is 2.37. The summed E-state index contributed by atoms with van der Waals surface area (Å²) in [4.78, 5) is 11.0. The lowest BCUT2D eigenvalue weighted by Crippen LogP contribution is -2.21. The quantitative estimate of drug-likeness (QED) is 0.537. The molecule has 4 nitrogen and oxygen atoms in total. The zero-order chi connectivity index (χ0) is 7.72. The molecule has 5 heteroatoms. The largest absolute Gasteiger partial charge is 0.283 e. The van der Waals surface area contributed by atoms with Crippen LogP contribution in [0, 0.1) is 13.8 Å². The van der Waals surface area contributed by atoms with Gasteiger partial charge in [-0.3, -0.25) is 4.79 Å². The van der Waals surface area contributed by atoms with E-state index in [1.165, 1.54) is 0 Å². The Morgan fingerprint density at radius 1 is 1.50 bits per heavy atom. The first-order valence-electron chi connectivity index (χ1n) is 2.75. The van der Waals surface area contributed by atoms with E-state index in [1.807, 2.05) is 0 Å². The molecule has 0 aliphatic rings. The number of hydrogen-bond acceptors (Lipinski definition) is 4. The Hall–Kier alpha value is -0.840. The lowest BCUT2D eigenvalue weighted by Gasteiger charge is -1.96. The summed E-state index contributed by atoms with van der Waals surface area (Å²) < 4.78 is 0.919. The molecule has 0 radical (unpaired) electrons. The first-order chi connectivity index (χ1) is 4.63. The van der Waals surface area contributed by atoms with Crippen LogP contribution in [0.3, 0.4) is 0 Å². The molecule has 1 aromatic heterocycles. The Balaban J connectivity index is 3.50. The number of thiol groups is 1. The fourth-order valence-corrected chi connectivity index (χ4v) is 0.720. The van der Waals surface area contributed by atoms with Crippen molar-refractivity contribution in [1.29, 1.82) is 0 Å². The molecule has 0 fully saturated rings. The van der Waals surface area contributed by atoms with Crippen LogP contribution in [0.1, 0.15) is 11.3 Å². The highest BCUT2D eigenvalue weighted by atomic mass is 32.1. The van der Waals surface area contributed by atoms with Crippen LogP contribution in [0.2, 0.25) is 0 Å². The van der Waals surface area contributed by atoms with E-state index in [0.717, 1.165) is 4.09 Å². The van der Waals surface area contributed by atoms with Gasteiger partial charge in [0.15, 0.2) is 0 Å². The molecule has 10 heavy (non-hydrogen) atoms. The van der Waals surface area contributed by atoms with Gasteiger partial charge in [-0.15, -0.1) is 5.10 Å². The minimum Gasteiger partial charge on any atom is -0.266 e. The van der Waals surface area contributed by atoms with Crippen molar-refractivity contribution in [3.63, 3.8) is 0 Å². The van der Waals surface area contributed by atoms with Gasteiger partial charge in [0, 0.05) is 5.56 Å². The third-order valence-electron chi connectivity index (χ3n) is 1.32. The highest BCUT2D eigenvalue weighted by molar-refractivity contribution is 7.78. The maximum absolute atomic E-state index is 11.0. The van der Waals surface area contributed by atoms with Crippen LogP contribution in [0.4, 0.5) is 0 Å². The lowest BCUT2D eigenvalue weighted by atomic mass is 10.3. The molecule has 0 unspecified atom stereocenters. The average Bonchev–Trinajstić information content (AvgIpc) is 1.93. The van der Waals surface area contributed by atoms with Crippen molar-refractivity contribution in [3.05, 3.63) is 21.6 Å². The van der Waals surface area contributed by atoms with E-state index in [2.05, 4.69) is 23.1 Å². The maximum atomic E-state index is 11.0. The van der Waals surface area contributed by atoms with Crippen LogP contribution in [-0.2, 0) is 0 Å². The van der Waals surface area contributed by atoms with Crippen molar-refractivity contribution in [2.45, 2.75) is 13.8 Å². The van der Waals surface area contributed by atoms with Crippen LogP contribution in [0.15, 0.2) is 4.79 Å². The summed E-state index contributed by atoms with van der Waals surface area (Å²) in [5.74, 6) is 0. The number of nitrogens with zero attached hydrogens (tertiary/aromatic N) is 3. The molecule has 0 saturated carbocycles. The predicted molar refractivity (Wildman–Crippen MR) is 40.2 cm³/mol. The highest BCUT2D eigenvalue weighted by Gasteiger charge is 2.00. The van der Waals surface area contributed by atoms with Crippen molar-refractivity contribution in [2.24, 2.45) is 0 Å². The Morgan fingerprint density at radius 2 is 2.10 bits per heavy atom. The van der Waals surface area contributed by atoms with Gasteiger partial charge in [-0.2, -0.15) is 4.09 Å². The third kappa shape index (κ3) is 1.04. The predicted octanol–water partition coefficient (Wildman–Crippen LogP) is -0.0520. The highest BCUT2D eigenvalue weighted by Crippen LogP contribution is 1.91. The first kappa shape index (κ1) is 7.27. The molecule has 1 heterocycles. The number of hydrogen-bond donors (Lipinski definition) is 1. The Labute approximate surface area is 63.4 Å². The van der Waals surface area contributed by atoms with Gasteiger partial charge < -0.3 is 0 Å². The van der Waals surface area contributed by atoms with Crippen LogP contribution in [0.5, 0.6) is 0 Å². The fourth-order valence-electron chi connectivity index (χ4n) is 0.530. The second kappa shape index (κ2) is 2.42. The molecule has 0 spiro atoms. The SMILES string of the molecule is Cc1nnn(S)c(=O)c1C. The summed E-state index contributed by atoms with van der Waals surface area (Å²) in [6, 6.07) is 0. The van der Waals surface area contributed by atoms with Crippen molar-refractivity contribution in [1.82, 2.24) is 14.4 Å². The molecule has 0 aliphatic carbocycles. The number of aromatic nitrogens is 3. The molecular formula is C5H7N3OS. The smallest absolute Gasteiger partial charge is 0.266 e. The monoisotopic (exact) mass is 157 g/mol. The minimum atomic E-state index is -0.212. The van der Waals surface area contributed by atoms with Gasteiger partial charge in [0.2, 0.25) is 0 Å². The average molecular weight is 157 g/mol. The van der Waals surface area contributed by atoms with Crippen molar-refractivity contribution >= 4 is 12.8 Å². The van der Waals surface area contributed by atoms with Crippen molar-refractivity contribution in [2.75, 3.05) is 0 Å². The third-order valence-corrected chi connectivity index (χ3v) is 1.59. The van der Waals surface area contributed by atoms with Gasteiger partial charge in [0.25, 0.3) is 5.56 Å². The van der Waals surface area contributed by atoms with Gasteiger partial charge in [-0.1, -0.05) is 5.21 Å². The minimum absolute atomic E-state index is 0.212. The molecular weight excluding hydrogens is 150 g/mol. The molecule has 0 bridgehead atoms. The van der Waals surface area contributed by atoms with Gasteiger partial charge in [0.05, 0.1) is 5.69 Å². The normalized spacial score (nSPS) is 9.90. The Bertz CT molecular complexity index is 306. The topological polar surface area (TPSA) is 47.8 Å². The molecule has 1 rings (SSSR count). The van der Waals surface area contributed by atoms with Gasteiger partial charge in [0.1, 0.15) is 0 Å². The Morgan fingerprint density at radius 3 is 2.60 bits per heavy atom. The molecule has 0 saturated heterocycles. The molecule has 0 atom stereocenters. The maximum Gasteiger partial charge on any atom is 0.283 e. The van der Waals surface area contributed by atoms with E-state index in [-0.39, 0.29) is 5.56 Å². The zero-order valence-corrected chi connectivity index (χ0v) is 6.59. The zero-order valence-electron chi connectivity index (χ0n) is 5.70. The van der Waals surface area contributed by atoms with E-state index in [0.29, 0.717) is 11.3 Å². The van der Waals surface area contributed by atoms with E-state index >= 15 is 0 Å². The first-order valence-corrected chi connectivity index (χ1v) is 3.15. The standard InChI is InChI=1S/C5H7N3OS/c1-3-4(2)6-7-8(10)5(3)9/h10H,1-2H3. The van der Waals surface area contributed by atoms with E-state index < -0.39 is 0 Å². The van der Waals surface area contributed by atoms with E-state index in [9.17, 15) is 4.79 Å². The summed E-state index contributed by atoms with van der Waals surface area (Å²) in [6.07, 6.45) is 0. The summed E-state index contributed by atoms with van der Waals surface area (Å²) >= 11 is 3.75. The Kier molecular flexibility index (Phi) is 1.76. The van der Waals surface area contributed by atoms with E-state index in [4.69, 9.17) is 0 Å². The fraction of sp³-hybridized carbons (Fsp3) is 0.400. The molecule has 0 N–H and O–H groups in total. The second-order valence-electron chi connectivity index (χ2n) is 1.99. The van der Waals surface area contributed by atoms with Crippen molar-refractivity contribution < 1.29 is 0 Å². The van der Waals surface area contributed by atoms with Crippen LogP contribution in [-0.4, -0.2) is 14.4 Å². The molecule has 0 aromatic carbocycles. The van der Waals surface area contributed by atoms with Gasteiger partial charge >= 0.3 is 0 Å². The summed E-state index contributed by atoms with van der Waals surface area (Å²) in [5, 5.41) is 7.13. The van der Waals surface area contributed by atoms with Gasteiger partial charge in [-0.05, 0) is 26.7 Å². The molecule has 0 amide bonds. The van der Waals surface area contributed by atoms with Gasteiger partial charge in [-0.25, -0.2) is 0 Å². The summed E-state index contributed by atoms with van der Waals surface area (Å²) in [7, 11) is 0. The molecule has 54 valence electrons. The summed E-state index contributed by atoms with van der Waals surface area (Å²) in [6.45, 7) is 3.43. The molecule has 0 aliphatic heterocycles. The number of aryl methyl sites for hydroxylation is 1. The lowest BCUT2D eigenvalue weighted by molar-refractivity contribution is 0.765. The number of rotatable bonds is 0. The van der Waals surface area contributed by atoms with Crippen molar-refractivity contribution in [3.8, 4) is 0 Å². The van der Waals surface area contributed by atoms with Crippen LogP contribution in [0.25, 0.3) is 0 Å². The van der Waals surface area contributed by atoms with E-state index in [1.54, 1.807) is 13.8 Å².